The molecule has 0 aliphatic carbocycles. The van der Waals surface area contributed by atoms with Crippen LogP contribution in [0.15, 0.2) is 0 Å². The van der Waals surface area contributed by atoms with Crippen molar-refractivity contribution in [2.45, 2.75) is 25.9 Å². The molecular formula is C10H21BrNO4+. The van der Waals surface area contributed by atoms with Gasteiger partial charge >= 0.3 is 11.9 Å². The van der Waals surface area contributed by atoms with Crippen LogP contribution in [0.5, 0.6) is 0 Å². The molecule has 0 bridgehead atoms. The molecule has 1 N–H and O–H groups in total. The molecule has 0 aromatic carbocycles. The van der Waals surface area contributed by atoms with Gasteiger partial charge in [-0.2, -0.15) is 0 Å². The number of ether oxygens (including phenoxy) is 1. The summed E-state index contributed by atoms with van der Waals surface area (Å²) in [6.07, 6.45) is -0.413. The predicted octanol–water partition coefficient (Wildman–Crippen LogP) is 1.07. The Morgan fingerprint density at radius 2 is 1.81 bits per heavy atom. The fourth-order valence-electron chi connectivity index (χ4n) is 1.22. The van der Waals surface area contributed by atoms with Crippen LogP contribution in [0.1, 0.15) is 19.8 Å². The zero-order chi connectivity index (χ0) is 12.1. The first-order valence-electron chi connectivity index (χ1n) is 4.96. The third-order valence-electron chi connectivity index (χ3n) is 1.74. The highest BCUT2D eigenvalue weighted by molar-refractivity contribution is 8.93. The van der Waals surface area contributed by atoms with Crippen molar-refractivity contribution in [3.63, 3.8) is 0 Å². The van der Waals surface area contributed by atoms with Crippen molar-refractivity contribution in [2.75, 3.05) is 27.7 Å². The smallest absolute Gasteiger partial charge is 0.307 e. The number of hydrogen-bond acceptors (Lipinski definition) is 3. The molecule has 1 atom stereocenters. The second-order valence-corrected chi connectivity index (χ2v) is 4.54. The Morgan fingerprint density at radius 3 is 2.12 bits per heavy atom. The second-order valence-electron chi connectivity index (χ2n) is 4.54. The molecule has 0 aliphatic heterocycles. The molecule has 0 fully saturated rings. The molecule has 0 radical (unpaired) electrons. The number of halogens is 1. The van der Waals surface area contributed by atoms with E-state index in [9.17, 15) is 9.59 Å². The van der Waals surface area contributed by atoms with Gasteiger partial charge in [0, 0.05) is 6.42 Å². The first kappa shape index (κ1) is 17.8. The number of esters is 1. The van der Waals surface area contributed by atoms with E-state index in [0.717, 1.165) is 0 Å². The summed E-state index contributed by atoms with van der Waals surface area (Å²) in [5.41, 5.74) is 0. The van der Waals surface area contributed by atoms with E-state index in [-0.39, 0.29) is 35.8 Å². The minimum absolute atomic E-state index is 0. The van der Waals surface area contributed by atoms with Crippen molar-refractivity contribution in [1.29, 1.82) is 0 Å². The lowest BCUT2D eigenvalue weighted by Gasteiger charge is -2.28. The average molecular weight is 299 g/mol. The van der Waals surface area contributed by atoms with Gasteiger partial charge in [-0.3, -0.25) is 9.59 Å². The summed E-state index contributed by atoms with van der Waals surface area (Å²) < 4.78 is 5.62. The Hall–Kier alpha value is -0.620. The summed E-state index contributed by atoms with van der Waals surface area (Å²) in [7, 11) is 5.78. The van der Waals surface area contributed by atoms with Crippen molar-refractivity contribution in [2.24, 2.45) is 0 Å². The number of carboxylic acids is 1. The summed E-state index contributed by atoms with van der Waals surface area (Å²) >= 11 is 0. The van der Waals surface area contributed by atoms with Gasteiger partial charge in [0.25, 0.3) is 0 Å². The lowest BCUT2D eigenvalue weighted by Crippen LogP contribution is -2.43. The average Bonchev–Trinajstić information content (AvgIpc) is 1.99. The number of rotatable bonds is 6. The number of carboxylic acid groups (broad SMARTS) is 1. The highest BCUT2D eigenvalue weighted by atomic mass is 79.9. The molecule has 0 rings (SSSR count). The molecule has 16 heavy (non-hydrogen) atoms. The Labute approximate surface area is 107 Å². The molecule has 0 saturated carbocycles. The van der Waals surface area contributed by atoms with E-state index in [0.29, 0.717) is 11.0 Å². The SMILES string of the molecule is Br.CCC(=O)OC(CC(=O)O)C[N+](C)(C)C. The second kappa shape index (κ2) is 7.62. The molecule has 0 aromatic rings. The van der Waals surface area contributed by atoms with Crippen molar-refractivity contribution in [1.82, 2.24) is 0 Å². The fourth-order valence-corrected chi connectivity index (χ4v) is 1.22. The van der Waals surface area contributed by atoms with Crippen LogP contribution in [0.3, 0.4) is 0 Å². The van der Waals surface area contributed by atoms with E-state index >= 15 is 0 Å². The van der Waals surface area contributed by atoms with Crippen LogP contribution in [-0.4, -0.2) is 55.3 Å². The molecule has 0 aromatic heterocycles. The summed E-state index contributed by atoms with van der Waals surface area (Å²) in [4.78, 5) is 21.6. The Balaban J connectivity index is 0. The van der Waals surface area contributed by atoms with Crippen LogP contribution in [0.2, 0.25) is 0 Å². The number of carbonyl (C=O) groups excluding carboxylic acids is 1. The van der Waals surface area contributed by atoms with E-state index < -0.39 is 12.1 Å². The normalized spacial score (nSPS) is 12.5. The van der Waals surface area contributed by atoms with Crippen molar-refractivity contribution < 1.29 is 23.9 Å². The largest absolute Gasteiger partial charge is 0.481 e. The molecule has 0 spiro atoms. The van der Waals surface area contributed by atoms with Crippen LogP contribution < -0.4 is 0 Å². The van der Waals surface area contributed by atoms with Gasteiger partial charge in [-0.1, -0.05) is 6.92 Å². The van der Waals surface area contributed by atoms with Crippen LogP contribution in [-0.2, 0) is 14.3 Å². The maximum atomic E-state index is 11.1. The van der Waals surface area contributed by atoms with E-state index in [4.69, 9.17) is 9.84 Å². The summed E-state index contributed by atoms with van der Waals surface area (Å²) in [5, 5.41) is 8.67. The number of carbonyl (C=O) groups is 2. The van der Waals surface area contributed by atoms with Gasteiger partial charge in [0.1, 0.15) is 6.54 Å². The number of hydrogen-bond donors (Lipinski definition) is 1. The van der Waals surface area contributed by atoms with Gasteiger partial charge in [0.15, 0.2) is 6.10 Å². The van der Waals surface area contributed by atoms with Crippen LogP contribution >= 0.6 is 17.0 Å². The first-order chi connectivity index (χ1) is 6.74. The molecule has 5 nitrogen and oxygen atoms in total. The van der Waals surface area contributed by atoms with Gasteiger partial charge in [0.2, 0.25) is 0 Å². The van der Waals surface area contributed by atoms with Crippen LogP contribution in [0.4, 0.5) is 0 Å². The zero-order valence-electron chi connectivity index (χ0n) is 10.2. The number of quaternary nitrogens is 1. The Bertz CT molecular complexity index is 237. The van der Waals surface area contributed by atoms with E-state index in [1.54, 1.807) is 6.92 Å². The van der Waals surface area contributed by atoms with Gasteiger partial charge in [0.05, 0.1) is 27.6 Å². The van der Waals surface area contributed by atoms with E-state index in [2.05, 4.69) is 0 Å². The molecule has 1 unspecified atom stereocenters. The topological polar surface area (TPSA) is 63.6 Å². The fraction of sp³-hybridized carbons (Fsp3) is 0.800. The monoisotopic (exact) mass is 298 g/mol. The maximum absolute atomic E-state index is 11.1. The van der Waals surface area contributed by atoms with Crippen molar-refractivity contribution in [3.05, 3.63) is 0 Å². The highest BCUT2D eigenvalue weighted by Gasteiger charge is 2.23. The van der Waals surface area contributed by atoms with Gasteiger partial charge in [-0.15, -0.1) is 17.0 Å². The number of likely N-dealkylation sites (N-methyl/N-ethyl adjacent to an activating group) is 1. The third kappa shape index (κ3) is 9.92. The summed E-state index contributed by atoms with van der Waals surface area (Å²) in [6, 6.07) is 0. The lowest BCUT2D eigenvalue weighted by atomic mass is 10.2. The third-order valence-corrected chi connectivity index (χ3v) is 1.74. The van der Waals surface area contributed by atoms with Crippen LogP contribution in [0.25, 0.3) is 0 Å². The van der Waals surface area contributed by atoms with Crippen molar-refractivity contribution >= 4 is 28.9 Å². The molecule has 6 heteroatoms. The molecule has 0 saturated heterocycles. The number of nitrogens with zero attached hydrogens (tertiary/aromatic N) is 1. The van der Waals surface area contributed by atoms with Gasteiger partial charge in [-0.25, -0.2) is 0 Å². The van der Waals surface area contributed by atoms with E-state index in [1.165, 1.54) is 0 Å². The molecule has 0 aliphatic rings. The highest BCUT2D eigenvalue weighted by Crippen LogP contribution is 2.06. The lowest BCUT2D eigenvalue weighted by molar-refractivity contribution is -0.873. The summed E-state index contributed by atoms with van der Waals surface area (Å²) in [5.74, 6) is -1.30. The molecule has 96 valence electrons. The quantitative estimate of drug-likeness (QED) is 0.588. The molecule has 0 heterocycles. The van der Waals surface area contributed by atoms with Gasteiger partial charge < -0.3 is 14.3 Å². The minimum atomic E-state index is -0.947. The molecular weight excluding hydrogens is 278 g/mol. The van der Waals surface area contributed by atoms with Gasteiger partial charge in [-0.05, 0) is 0 Å². The van der Waals surface area contributed by atoms with Crippen molar-refractivity contribution in [3.8, 4) is 0 Å². The maximum Gasteiger partial charge on any atom is 0.307 e. The predicted molar refractivity (Wildman–Crippen MR) is 65.6 cm³/mol. The number of aliphatic carboxylic acids is 1. The zero-order valence-corrected chi connectivity index (χ0v) is 11.9. The Kier molecular flexibility index (Phi) is 8.46. The Morgan fingerprint density at radius 1 is 1.31 bits per heavy atom. The van der Waals surface area contributed by atoms with Crippen LogP contribution in [0, 0.1) is 0 Å². The van der Waals surface area contributed by atoms with E-state index in [1.807, 2.05) is 21.1 Å². The molecule has 0 amide bonds. The first-order valence-corrected chi connectivity index (χ1v) is 4.96. The minimum Gasteiger partial charge on any atom is -0.481 e. The summed E-state index contributed by atoms with van der Waals surface area (Å²) in [6.45, 7) is 2.18. The standard InChI is InChI=1S/C10H19NO4.BrH/c1-5-10(14)15-8(6-9(12)13)7-11(2,3)4;/h8H,5-7H2,1-4H3;1H/p+1.